The van der Waals surface area contributed by atoms with Crippen LogP contribution in [0.5, 0.6) is 0 Å². The van der Waals surface area contributed by atoms with E-state index < -0.39 is 10.0 Å². The Kier molecular flexibility index (Phi) is 6.87. The molecule has 4 rings (SSSR count). The summed E-state index contributed by atoms with van der Waals surface area (Å²) in [5.41, 5.74) is 0.485. The first-order valence-electron chi connectivity index (χ1n) is 10.7. The summed E-state index contributed by atoms with van der Waals surface area (Å²) in [5, 5.41) is 5.12. The van der Waals surface area contributed by atoms with E-state index in [1.807, 2.05) is 6.07 Å². The zero-order valence-corrected chi connectivity index (χ0v) is 18.8. The zero-order valence-electron chi connectivity index (χ0n) is 17.1. The van der Waals surface area contributed by atoms with Crippen LogP contribution >= 0.6 is 11.3 Å². The first-order valence-corrected chi connectivity index (χ1v) is 13.0. The molecule has 2 aliphatic heterocycles. The van der Waals surface area contributed by atoms with E-state index in [9.17, 15) is 13.2 Å². The number of hydrogen-bond donors (Lipinski definition) is 1. The van der Waals surface area contributed by atoms with Crippen LogP contribution in [-0.4, -0.2) is 56.3 Å². The molecule has 1 aromatic carbocycles. The largest absolute Gasteiger partial charge is 0.350 e. The van der Waals surface area contributed by atoms with Crippen molar-refractivity contribution in [1.82, 2.24) is 14.5 Å². The Hall–Kier alpha value is -1.74. The summed E-state index contributed by atoms with van der Waals surface area (Å²) in [6.45, 7) is 3.81. The average molecular weight is 448 g/mol. The Morgan fingerprint density at radius 2 is 1.63 bits per heavy atom. The van der Waals surface area contributed by atoms with Gasteiger partial charge in [-0.3, -0.25) is 9.69 Å². The Morgan fingerprint density at radius 3 is 2.27 bits per heavy atom. The smallest absolute Gasteiger partial charge is 0.251 e. The van der Waals surface area contributed by atoms with Gasteiger partial charge in [-0.1, -0.05) is 12.5 Å². The molecule has 2 aromatic rings. The third-order valence-electron chi connectivity index (χ3n) is 5.98. The van der Waals surface area contributed by atoms with Crippen molar-refractivity contribution in [2.45, 2.75) is 43.0 Å². The predicted molar refractivity (Wildman–Crippen MR) is 119 cm³/mol. The number of likely N-dealkylation sites (tertiary alicyclic amines) is 1. The maximum atomic E-state index is 12.8. The van der Waals surface area contributed by atoms with Gasteiger partial charge in [-0.05, 0) is 74.5 Å². The van der Waals surface area contributed by atoms with Gasteiger partial charge in [0.2, 0.25) is 10.0 Å². The number of thiophene rings is 1. The highest BCUT2D eigenvalue weighted by molar-refractivity contribution is 7.89. The van der Waals surface area contributed by atoms with E-state index >= 15 is 0 Å². The SMILES string of the molecule is O=C(NC[C@@H](c1cccs1)N1CCCC1)c1ccc(S(=O)(=O)N2CCCCC2)cc1. The molecule has 1 aromatic heterocycles. The van der Waals surface area contributed by atoms with Gasteiger partial charge in [0, 0.05) is 30.1 Å². The topological polar surface area (TPSA) is 69.7 Å². The van der Waals surface area contributed by atoms with Crippen LogP contribution in [0.3, 0.4) is 0 Å². The number of nitrogens with one attached hydrogen (secondary N) is 1. The van der Waals surface area contributed by atoms with Crippen LogP contribution < -0.4 is 5.32 Å². The number of piperidine rings is 1. The van der Waals surface area contributed by atoms with E-state index in [0.717, 1.165) is 32.4 Å². The number of sulfonamides is 1. The Balaban J connectivity index is 1.41. The first kappa shape index (κ1) is 21.5. The molecule has 0 unspecified atom stereocenters. The number of rotatable bonds is 7. The van der Waals surface area contributed by atoms with E-state index in [0.29, 0.717) is 25.2 Å². The third kappa shape index (κ3) is 4.77. The lowest BCUT2D eigenvalue weighted by atomic mass is 10.2. The zero-order chi connectivity index (χ0) is 21.0. The fraction of sp³-hybridized carbons (Fsp3) is 0.500. The van der Waals surface area contributed by atoms with Crippen LogP contribution in [0.1, 0.15) is 53.4 Å². The monoisotopic (exact) mass is 447 g/mol. The molecule has 0 saturated carbocycles. The number of carbonyl (C=O) groups excluding carboxylic acids is 1. The van der Waals surface area contributed by atoms with Crippen LogP contribution in [0.15, 0.2) is 46.7 Å². The second-order valence-electron chi connectivity index (χ2n) is 7.97. The Morgan fingerprint density at radius 1 is 0.967 bits per heavy atom. The van der Waals surface area contributed by atoms with Crippen molar-refractivity contribution < 1.29 is 13.2 Å². The summed E-state index contributed by atoms with van der Waals surface area (Å²) < 4.78 is 27.1. The third-order valence-corrected chi connectivity index (χ3v) is 8.86. The Bertz CT molecular complexity index is 931. The summed E-state index contributed by atoms with van der Waals surface area (Å²) in [4.78, 5) is 16.7. The second-order valence-corrected chi connectivity index (χ2v) is 10.9. The molecule has 1 atom stereocenters. The molecule has 2 fully saturated rings. The molecule has 2 aliphatic rings. The number of carbonyl (C=O) groups is 1. The van der Waals surface area contributed by atoms with Gasteiger partial charge in [-0.15, -0.1) is 11.3 Å². The molecule has 2 saturated heterocycles. The molecule has 30 heavy (non-hydrogen) atoms. The molecule has 0 spiro atoms. The van der Waals surface area contributed by atoms with Crippen LogP contribution in [0.25, 0.3) is 0 Å². The molecule has 0 bridgehead atoms. The molecule has 6 nitrogen and oxygen atoms in total. The van der Waals surface area contributed by atoms with Crippen LogP contribution in [-0.2, 0) is 10.0 Å². The average Bonchev–Trinajstić information content (AvgIpc) is 3.50. The molecule has 162 valence electrons. The normalized spacial score (nSPS) is 19.6. The number of amides is 1. The maximum absolute atomic E-state index is 12.8. The highest BCUT2D eigenvalue weighted by atomic mass is 32.2. The summed E-state index contributed by atoms with van der Waals surface area (Å²) >= 11 is 1.72. The summed E-state index contributed by atoms with van der Waals surface area (Å²) in [6.07, 6.45) is 5.28. The molecular weight excluding hydrogens is 418 g/mol. The highest BCUT2D eigenvalue weighted by Crippen LogP contribution is 2.28. The van der Waals surface area contributed by atoms with Gasteiger partial charge in [0.25, 0.3) is 5.91 Å². The fourth-order valence-electron chi connectivity index (χ4n) is 4.27. The van der Waals surface area contributed by atoms with Crippen LogP contribution in [0.4, 0.5) is 0 Å². The second kappa shape index (κ2) is 9.60. The van der Waals surface area contributed by atoms with Crippen LogP contribution in [0, 0.1) is 0 Å². The van der Waals surface area contributed by atoms with Crippen molar-refractivity contribution in [2.24, 2.45) is 0 Å². The van der Waals surface area contributed by atoms with E-state index in [2.05, 4.69) is 21.7 Å². The molecule has 1 N–H and O–H groups in total. The quantitative estimate of drug-likeness (QED) is 0.705. The number of hydrogen-bond acceptors (Lipinski definition) is 5. The lowest BCUT2D eigenvalue weighted by molar-refractivity contribution is 0.0938. The van der Waals surface area contributed by atoms with Gasteiger partial charge in [0.05, 0.1) is 10.9 Å². The van der Waals surface area contributed by atoms with Crippen molar-refractivity contribution in [2.75, 3.05) is 32.7 Å². The minimum Gasteiger partial charge on any atom is -0.350 e. The summed E-state index contributed by atoms with van der Waals surface area (Å²) in [6, 6.07) is 10.7. The molecule has 0 aliphatic carbocycles. The molecule has 1 amide bonds. The van der Waals surface area contributed by atoms with Crippen molar-refractivity contribution >= 4 is 27.3 Å². The summed E-state index contributed by atoms with van der Waals surface area (Å²) in [5.74, 6) is -0.169. The van der Waals surface area contributed by atoms with Gasteiger partial charge in [-0.2, -0.15) is 4.31 Å². The van der Waals surface area contributed by atoms with E-state index in [4.69, 9.17) is 0 Å². The molecule has 0 radical (unpaired) electrons. The lowest BCUT2D eigenvalue weighted by Crippen LogP contribution is -2.36. The minimum atomic E-state index is -3.47. The van der Waals surface area contributed by atoms with Crippen molar-refractivity contribution in [3.05, 3.63) is 52.2 Å². The Labute approximate surface area is 182 Å². The minimum absolute atomic E-state index is 0.169. The number of benzene rings is 1. The van der Waals surface area contributed by atoms with Crippen molar-refractivity contribution in [3.63, 3.8) is 0 Å². The first-order chi connectivity index (χ1) is 14.6. The van der Waals surface area contributed by atoms with E-state index in [1.54, 1.807) is 39.9 Å². The predicted octanol–water partition coefficient (Wildman–Crippen LogP) is 3.49. The lowest BCUT2D eigenvalue weighted by Gasteiger charge is -2.27. The van der Waals surface area contributed by atoms with Gasteiger partial charge < -0.3 is 5.32 Å². The van der Waals surface area contributed by atoms with E-state index in [1.165, 1.54) is 17.7 Å². The molecule has 8 heteroatoms. The van der Waals surface area contributed by atoms with Crippen molar-refractivity contribution in [1.29, 1.82) is 0 Å². The highest BCUT2D eigenvalue weighted by Gasteiger charge is 2.27. The van der Waals surface area contributed by atoms with Gasteiger partial charge in [0.15, 0.2) is 0 Å². The van der Waals surface area contributed by atoms with E-state index in [-0.39, 0.29) is 16.8 Å². The number of nitrogens with zero attached hydrogens (tertiary/aromatic N) is 2. The van der Waals surface area contributed by atoms with Crippen LogP contribution in [0.2, 0.25) is 0 Å². The van der Waals surface area contributed by atoms with Crippen molar-refractivity contribution in [3.8, 4) is 0 Å². The van der Waals surface area contributed by atoms with Gasteiger partial charge >= 0.3 is 0 Å². The van der Waals surface area contributed by atoms with Gasteiger partial charge in [-0.25, -0.2) is 8.42 Å². The summed E-state index contributed by atoms with van der Waals surface area (Å²) in [7, 11) is -3.47. The standard InChI is InChI=1S/C22H29N3O3S2/c26-22(23-17-20(21-7-6-16-29-21)24-12-4-5-13-24)18-8-10-19(11-9-18)30(27,28)25-14-2-1-3-15-25/h6-11,16,20H,1-5,12-15,17H2,(H,23,26)/t20-/m0/s1. The maximum Gasteiger partial charge on any atom is 0.251 e. The molecular formula is C22H29N3O3S2. The molecule has 3 heterocycles. The van der Waals surface area contributed by atoms with Gasteiger partial charge in [0.1, 0.15) is 0 Å². The fourth-order valence-corrected chi connectivity index (χ4v) is 6.65.